The van der Waals surface area contributed by atoms with Gasteiger partial charge in [-0.25, -0.2) is 0 Å². The van der Waals surface area contributed by atoms with E-state index in [9.17, 15) is 4.79 Å². The van der Waals surface area contributed by atoms with Gasteiger partial charge in [-0.15, -0.1) is 0 Å². The van der Waals surface area contributed by atoms with Gasteiger partial charge in [-0.2, -0.15) is 5.10 Å². The lowest BCUT2D eigenvalue weighted by Crippen LogP contribution is -2.47. The third-order valence-electron chi connectivity index (χ3n) is 6.02. The van der Waals surface area contributed by atoms with E-state index in [2.05, 4.69) is 24.0 Å². The number of aromatic nitrogens is 2. The number of nitrogens with zero attached hydrogens (tertiary/aromatic N) is 2. The molecule has 2 aliphatic rings. The third-order valence-corrected chi connectivity index (χ3v) is 6.02. The number of hydrogen-bond acceptors (Lipinski definition) is 3. The molecule has 0 unspecified atom stereocenters. The zero-order valence-corrected chi connectivity index (χ0v) is 15.0. The van der Waals surface area contributed by atoms with Crippen LogP contribution in [0.3, 0.4) is 0 Å². The number of H-pyrrole nitrogens is 1. The van der Waals surface area contributed by atoms with E-state index in [1.54, 1.807) is 0 Å². The summed E-state index contributed by atoms with van der Waals surface area (Å²) in [7, 11) is 0. The van der Waals surface area contributed by atoms with Crippen LogP contribution >= 0.6 is 0 Å². The molecule has 1 aliphatic carbocycles. The van der Waals surface area contributed by atoms with Gasteiger partial charge >= 0.3 is 0 Å². The maximum Gasteiger partial charge on any atom is 0.210 e. The zero-order valence-electron chi connectivity index (χ0n) is 15.0. The number of carbonyl (C=O) groups excluding carboxylic acids is 1. The lowest BCUT2D eigenvalue weighted by molar-refractivity contribution is -0.125. The van der Waals surface area contributed by atoms with Crippen molar-refractivity contribution < 1.29 is 9.53 Å². The maximum absolute atomic E-state index is 11.5. The number of aromatic amines is 1. The Hall–Kier alpha value is -1.36. The number of piperidine rings is 1. The van der Waals surface area contributed by atoms with E-state index in [-0.39, 0.29) is 12.0 Å². The Labute approximate surface area is 145 Å². The molecule has 1 aromatic heterocycles. The quantitative estimate of drug-likeness (QED) is 0.812. The molecule has 0 spiro atoms. The lowest BCUT2D eigenvalue weighted by Gasteiger charge is -2.39. The van der Waals surface area contributed by atoms with E-state index in [1.807, 2.05) is 17.2 Å². The monoisotopic (exact) mass is 333 g/mol. The SMILES string of the molecule is CC(C)[C@H]1CC[C@@H](OC[C@H]2[C@@H](c3cc[nH]n3)CCCN2C=O)CC1. The second kappa shape index (κ2) is 8.15. The van der Waals surface area contributed by atoms with Crippen LogP contribution < -0.4 is 0 Å². The molecule has 1 aromatic rings. The van der Waals surface area contributed by atoms with E-state index >= 15 is 0 Å². The van der Waals surface area contributed by atoms with Crippen molar-refractivity contribution in [1.29, 1.82) is 0 Å². The number of rotatable bonds is 6. The number of ether oxygens (including phenoxy) is 1. The lowest BCUT2D eigenvalue weighted by atomic mass is 9.80. The Bertz CT molecular complexity index is 495. The standard InChI is InChI=1S/C19H31N3O2/c1-14(2)15-5-7-16(8-6-15)24-12-19-17(18-9-10-20-21-18)4-3-11-22(19)13-23/h9-10,13-17,19H,3-8,11-12H2,1-2H3,(H,20,21)/t15-,16+,17-,19+/m1/s1. The molecule has 5 heteroatoms. The molecule has 5 nitrogen and oxygen atoms in total. The van der Waals surface area contributed by atoms with Crippen molar-refractivity contribution in [2.75, 3.05) is 13.2 Å². The normalized spacial score (nSPS) is 31.4. The second-order valence-electron chi connectivity index (χ2n) is 7.77. The summed E-state index contributed by atoms with van der Waals surface area (Å²) in [5, 5.41) is 7.26. The Morgan fingerprint density at radius 2 is 2.12 bits per heavy atom. The summed E-state index contributed by atoms with van der Waals surface area (Å²) in [6.07, 6.45) is 10.2. The fourth-order valence-corrected chi connectivity index (χ4v) is 4.41. The molecule has 24 heavy (non-hydrogen) atoms. The molecule has 3 rings (SSSR count). The zero-order chi connectivity index (χ0) is 16.9. The van der Waals surface area contributed by atoms with Gasteiger partial charge in [0.25, 0.3) is 0 Å². The highest BCUT2D eigenvalue weighted by molar-refractivity contribution is 5.48. The van der Waals surface area contributed by atoms with Crippen LogP contribution in [0, 0.1) is 11.8 Å². The summed E-state index contributed by atoms with van der Waals surface area (Å²) in [4.78, 5) is 13.4. The van der Waals surface area contributed by atoms with Crippen molar-refractivity contribution in [3.05, 3.63) is 18.0 Å². The van der Waals surface area contributed by atoms with Crippen LogP contribution in [0.1, 0.15) is 64.0 Å². The number of nitrogens with one attached hydrogen (secondary N) is 1. The van der Waals surface area contributed by atoms with Crippen LogP contribution in [-0.2, 0) is 9.53 Å². The van der Waals surface area contributed by atoms with E-state index in [1.165, 1.54) is 12.8 Å². The Morgan fingerprint density at radius 3 is 2.75 bits per heavy atom. The fraction of sp³-hybridized carbons (Fsp3) is 0.789. The van der Waals surface area contributed by atoms with Crippen molar-refractivity contribution in [3.63, 3.8) is 0 Å². The van der Waals surface area contributed by atoms with Crippen molar-refractivity contribution >= 4 is 6.41 Å². The molecule has 1 amide bonds. The maximum atomic E-state index is 11.5. The first-order chi connectivity index (χ1) is 11.7. The summed E-state index contributed by atoms with van der Waals surface area (Å²) in [6.45, 7) is 6.11. The van der Waals surface area contributed by atoms with Gasteiger partial charge in [-0.05, 0) is 56.4 Å². The molecule has 2 heterocycles. The summed E-state index contributed by atoms with van der Waals surface area (Å²) < 4.78 is 6.27. The number of likely N-dealkylation sites (tertiary alicyclic amines) is 1. The van der Waals surface area contributed by atoms with Crippen LogP contribution in [0.4, 0.5) is 0 Å². The van der Waals surface area contributed by atoms with Gasteiger partial charge in [0.05, 0.1) is 24.4 Å². The van der Waals surface area contributed by atoms with Gasteiger partial charge in [-0.3, -0.25) is 9.89 Å². The third kappa shape index (κ3) is 4.00. The largest absolute Gasteiger partial charge is 0.376 e. The summed E-state index contributed by atoms with van der Waals surface area (Å²) >= 11 is 0. The Morgan fingerprint density at radius 1 is 1.33 bits per heavy atom. The van der Waals surface area contributed by atoms with E-state index in [0.29, 0.717) is 12.7 Å². The molecule has 134 valence electrons. The highest BCUT2D eigenvalue weighted by Crippen LogP contribution is 2.34. The minimum Gasteiger partial charge on any atom is -0.376 e. The summed E-state index contributed by atoms with van der Waals surface area (Å²) in [6, 6.07) is 2.14. The highest BCUT2D eigenvalue weighted by Gasteiger charge is 2.34. The smallest absolute Gasteiger partial charge is 0.210 e. The molecule has 0 aromatic carbocycles. The Balaban J connectivity index is 1.57. The number of carbonyl (C=O) groups is 1. The molecule has 2 atom stereocenters. The highest BCUT2D eigenvalue weighted by atomic mass is 16.5. The van der Waals surface area contributed by atoms with Crippen LogP contribution in [0.5, 0.6) is 0 Å². The van der Waals surface area contributed by atoms with Gasteiger partial charge in [0.1, 0.15) is 0 Å². The first-order valence-corrected chi connectivity index (χ1v) is 9.51. The molecule has 1 saturated carbocycles. The van der Waals surface area contributed by atoms with Crippen molar-refractivity contribution in [3.8, 4) is 0 Å². The van der Waals surface area contributed by atoms with Crippen LogP contribution in [-0.4, -0.2) is 46.8 Å². The van der Waals surface area contributed by atoms with Crippen molar-refractivity contribution in [1.82, 2.24) is 15.1 Å². The molecule has 1 aliphatic heterocycles. The van der Waals surface area contributed by atoms with Gasteiger partial charge in [0, 0.05) is 18.7 Å². The van der Waals surface area contributed by atoms with Crippen molar-refractivity contribution in [2.24, 2.45) is 11.8 Å². The van der Waals surface area contributed by atoms with Gasteiger partial charge in [0.2, 0.25) is 6.41 Å². The van der Waals surface area contributed by atoms with Gasteiger partial charge in [-0.1, -0.05) is 13.8 Å². The molecule has 1 N–H and O–H groups in total. The molecular weight excluding hydrogens is 302 g/mol. The minimum atomic E-state index is 0.113. The average Bonchev–Trinajstić information content (AvgIpc) is 3.14. The number of hydrogen-bond donors (Lipinski definition) is 1. The summed E-state index contributed by atoms with van der Waals surface area (Å²) in [5.74, 6) is 1.91. The van der Waals surface area contributed by atoms with Crippen molar-refractivity contribution in [2.45, 2.75) is 70.4 Å². The molecular formula is C19H31N3O2. The molecule has 0 radical (unpaired) electrons. The first-order valence-electron chi connectivity index (χ1n) is 9.51. The number of amides is 1. The molecule has 1 saturated heterocycles. The predicted octanol–water partition coefficient (Wildman–Crippen LogP) is 3.35. The topological polar surface area (TPSA) is 58.2 Å². The molecule has 2 fully saturated rings. The second-order valence-corrected chi connectivity index (χ2v) is 7.77. The van der Waals surface area contributed by atoms with Crippen LogP contribution in [0.25, 0.3) is 0 Å². The average molecular weight is 333 g/mol. The molecule has 0 bridgehead atoms. The first kappa shape index (κ1) is 17.5. The Kier molecular flexibility index (Phi) is 5.93. The van der Waals surface area contributed by atoms with E-state index in [0.717, 1.165) is 56.2 Å². The minimum absolute atomic E-state index is 0.113. The van der Waals surface area contributed by atoms with Gasteiger partial charge < -0.3 is 9.64 Å². The fourth-order valence-electron chi connectivity index (χ4n) is 4.41. The van der Waals surface area contributed by atoms with Crippen LogP contribution in [0.2, 0.25) is 0 Å². The van der Waals surface area contributed by atoms with E-state index in [4.69, 9.17) is 4.74 Å². The predicted molar refractivity (Wildman–Crippen MR) is 93.7 cm³/mol. The summed E-state index contributed by atoms with van der Waals surface area (Å²) in [5.41, 5.74) is 1.05. The van der Waals surface area contributed by atoms with Gasteiger partial charge in [0.15, 0.2) is 0 Å². The van der Waals surface area contributed by atoms with Crippen LogP contribution in [0.15, 0.2) is 12.3 Å². The van der Waals surface area contributed by atoms with E-state index < -0.39 is 0 Å².